The third kappa shape index (κ3) is 3.23. The molecule has 4 rings (SSSR count). The van der Waals surface area contributed by atoms with E-state index in [2.05, 4.69) is 4.98 Å². The molecule has 0 spiro atoms. The van der Waals surface area contributed by atoms with Crippen LogP contribution in [0.4, 0.5) is 0 Å². The smallest absolute Gasteiger partial charge is 0.268 e. The molecule has 0 aromatic carbocycles. The van der Waals surface area contributed by atoms with Crippen molar-refractivity contribution in [1.82, 2.24) is 9.88 Å². The highest BCUT2D eigenvalue weighted by Gasteiger charge is 2.39. The molecule has 3 aromatic rings. The van der Waals surface area contributed by atoms with E-state index in [-0.39, 0.29) is 18.4 Å². The second kappa shape index (κ2) is 7.31. The van der Waals surface area contributed by atoms with Crippen molar-refractivity contribution in [2.75, 3.05) is 0 Å². The van der Waals surface area contributed by atoms with Crippen LogP contribution in [0.2, 0.25) is 0 Å². The Hall–Kier alpha value is -2.64. The quantitative estimate of drug-likeness (QED) is 0.604. The molecule has 0 fully saturated rings. The molecule has 0 N–H and O–H groups in total. The third-order valence-electron chi connectivity index (χ3n) is 3.90. The van der Waals surface area contributed by atoms with E-state index in [4.69, 9.17) is 4.42 Å². The fourth-order valence-electron chi connectivity index (χ4n) is 2.68. The van der Waals surface area contributed by atoms with Gasteiger partial charge >= 0.3 is 0 Å². The van der Waals surface area contributed by atoms with Crippen molar-refractivity contribution in [2.45, 2.75) is 12.3 Å². The number of thiophene rings is 1. The monoisotopic (exact) mass is 382 g/mol. The molecule has 7 heteroatoms. The lowest BCUT2D eigenvalue weighted by atomic mass is 10.2. The van der Waals surface area contributed by atoms with Gasteiger partial charge in [0.1, 0.15) is 5.76 Å². The van der Waals surface area contributed by atoms with Crippen LogP contribution in [-0.4, -0.2) is 21.7 Å². The second-order valence-corrected chi connectivity index (χ2v) is 7.54. The highest BCUT2D eigenvalue weighted by molar-refractivity contribution is 8.03. The Kier molecular flexibility index (Phi) is 4.73. The van der Waals surface area contributed by atoms with Crippen molar-refractivity contribution >= 4 is 40.5 Å². The summed E-state index contributed by atoms with van der Waals surface area (Å²) in [6, 6.07) is 11.1. The average molecular weight is 382 g/mol. The number of aromatic nitrogens is 1. The Balaban J connectivity index is 1.64. The highest BCUT2D eigenvalue weighted by Crippen LogP contribution is 2.39. The van der Waals surface area contributed by atoms with Crippen LogP contribution in [0.1, 0.15) is 16.2 Å². The van der Waals surface area contributed by atoms with Gasteiger partial charge in [0.05, 0.1) is 29.0 Å². The Morgan fingerprint density at radius 1 is 1.12 bits per heavy atom. The number of furan rings is 1. The zero-order valence-corrected chi connectivity index (χ0v) is 15.3. The van der Waals surface area contributed by atoms with Gasteiger partial charge in [-0.1, -0.05) is 12.1 Å². The summed E-state index contributed by atoms with van der Waals surface area (Å²) in [6.07, 6.45) is 4.93. The fourth-order valence-corrected chi connectivity index (χ4v) is 4.54. The molecule has 1 aliphatic rings. The summed E-state index contributed by atoms with van der Waals surface area (Å²) in [7, 11) is 0. The summed E-state index contributed by atoms with van der Waals surface area (Å²) in [6.45, 7) is 0.213. The molecular weight excluding hydrogens is 368 g/mol. The fraction of sp³-hybridized carbons (Fsp3) is 0.105. The Morgan fingerprint density at radius 3 is 2.73 bits per heavy atom. The van der Waals surface area contributed by atoms with Crippen molar-refractivity contribution in [3.05, 3.63) is 81.5 Å². The van der Waals surface area contributed by atoms with Gasteiger partial charge in [-0.05, 0) is 35.2 Å². The standard InChI is InChI=1S/C19H14N2O3S2/c22-18-16(15-6-3-9-25-15)17(26-12-14-5-2-8-24-14)19(23)21(18)11-13-4-1-7-20-10-13/h1-10H,11-12H2. The van der Waals surface area contributed by atoms with E-state index < -0.39 is 0 Å². The molecule has 130 valence electrons. The molecule has 26 heavy (non-hydrogen) atoms. The number of nitrogens with zero attached hydrogens (tertiary/aromatic N) is 2. The van der Waals surface area contributed by atoms with E-state index in [9.17, 15) is 9.59 Å². The molecule has 0 saturated carbocycles. The van der Waals surface area contributed by atoms with Crippen LogP contribution in [-0.2, 0) is 21.9 Å². The number of thioether (sulfide) groups is 1. The van der Waals surface area contributed by atoms with E-state index in [0.29, 0.717) is 16.2 Å². The van der Waals surface area contributed by atoms with Gasteiger partial charge in [0, 0.05) is 17.3 Å². The summed E-state index contributed by atoms with van der Waals surface area (Å²) in [5, 5.41) is 1.90. The maximum absolute atomic E-state index is 13.0. The van der Waals surface area contributed by atoms with Crippen LogP contribution < -0.4 is 0 Å². The molecule has 0 unspecified atom stereocenters. The number of carbonyl (C=O) groups excluding carboxylic acids is 2. The first kappa shape index (κ1) is 16.8. The molecule has 0 bridgehead atoms. The number of carbonyl (C=O) groups is 2. The van der Waals surface area contributed by atoms with Gasteiger partial charge in [0.25, 0.3) is 11.8 Å². The largest absolute Gasteiger partial charge is 0.468 e. The van der Waals surface area contributed by atoms with E-state index in [1.54, 1.807) is 30.8 Å². The second-order valence-electron chi connectivity index (χ2n) is 5.61. The lowest BCUT2D eigenvalue weighted by molar-refractivity contribution is -0.137. The van der Waals surface area contributed by atoms with Crippen LogP contribution in [0.5, 0.6) is 0 Å². The van der Waals surface area contributed by atoms with Crippen LogP contribution in [0.3, 0.4) is 0 Å². The van der Waals surface area contributed by atoms with Gasteiger partial charge in [-0.15, -0.1) is 23.1 Å². The number of hydrogen-bond donors (Lipinski definition) is 0. The number of amides is 2. The predicted octanol–water partition coefficient (Wildman–Crippen LogP) is 3.95. The first-order valence-corrected chi connectivity index (χ1v) is 9.79. The van der Waals surface area contributed by atoms with Gasteiger partial charge in [0.2, 0.25) is 0 Å². The van der Waals surface area contributed by atoms with Gasteiger partial charge in [-0.3, -0.25) is 19.5 Å². The molecule has 0 aliphatic carbocycles. The van der Waals surface area contributed by atoms with Gasteiger partial charge in [0.15, 0.2) is 0 Å². The van der Waals surface area contributed by atoms with E-state index in [1.807, 2.05) is 29.6 Å². The summed E-state index contributed by atoms with van der Waals surface area (Å²) in [4.78, 5) is 32.6. The molecule has 0 saturated heterocycles. The zero-order chi connectivity index (χ0) is 17.9. The van der Waals surface area contributed by atoms with Crippen LogP contribution in [0.25, 0.3) is 5.57 Å². The molecule has 2 amide bonds. The van der Waals surface area contributed by atoms with E-state index in [0.717, 1.165) is 16.2 Å². The Labute approximate surface area is 158 Å². The summed E-state index contributed by atoms with van der Waals surface area (Å²) in [5.41, 5.74) is 1.29. The molecule has 4 heterocycles. The lowest BCUT2D eigenvalue weighted by Gasteiger charge is -2.14. The maximum atomic E-state index is 13.0. The lowest BCUT2D eigenvalue weighted by Crippen LogP contribution is -2.30. The van der Waals surface area contributed by atoms with Crippen molar-refractivity contribution in [2.24, 2.45) is 0 Å². The number of imide groups is 1. The Morgan fingerprint density at radius 2 is 2.04 bits per heavy atom. The molecule has 0 atom stereocenters. The van der Waals surface area contributed by atoms with Crippen molar-refractivity contribution in [3.8, 4) is 0 Å². The summed E-state index contributed by atoms with van der Waals surface area (Å²) >= 11 is 2.79. The Bertz CT molecular complexity index is 948. The average Bonchev–Trinajstić information content (AvgIpc) is 3.39. The van der Waals surface area contributed by atoms with Crippen LogP contribution in [0.15, 0.2) is 69.8 Å². The topological polar surface area (TPSA) is 63.4 Å². The molecule has 1 aliphatic heterocycles. The summed E-state index contributed by atoms with van der Waals surface area (Å²) < 4.78 is 5.34. The number of pyridine rings is 1. The highest BCUT2D eigenvalue weighted by atomic mass is 32.2. The summed E-state index contributed by atoms with van der Waals surface area (Å²) in [5.74, 6) is 0.734. The first-order chi connectivity index (χ1) is 12.7. The molecule has 5 nitrogen and oxygen atoms in total. The van der Waals surface area contributed by atoms with Crippen molar-refractivity contribution in [1.29, 1.82) is 0 Å². The molecule has 3 aromatic heterocycles. The van der Waals surface area contributed by atoms with Gasteiger partial charge in [-0.2, -0.15) is 0 Å². The minimum atomic E-state index is -0.265. The van der Waals surface area contributed by atoms with Gasteiger partial charge < -0.3 is 4.42 Å². The molecular formula is C19H14N2O3S2. The zero-order valence-electron chi connectivity index (χ0n) is 13.6. The SMILES string of the molecule is O=C1C(SCc2ccco2)=C(c2cccs2)C(=O)N1Cc1cccnc1. The molecule has 0 radical (unpaired) electrons. The van der Waals surface area contributed by atoms with E-state index in [1.165, 1.54) is 28.0 Å². The predicted molar refractivity (Wildman–Crippen MR) is 101 cm³/mol. The van der Waals surface area contributed by atoms with Crippen molar-refractivity contribution < 1.29 is 14.0 Å². The van der Waals surface area contributed by atoms with Crippen LogP contribution in [0, 0.1) is 0 Å². The number of rotatable bonds is 6. The normalized spacial score (nSPS) is 14.5. The van der Waals surface area contributed by atoms with Crippen molar-refractivity contribution in [3.63, 3.8) is 0 Å². The maximum Gasteiger partial charge on any atom is 0.268 e. The van der Waals surface area contributed by atoms with Crippen LogP contribution >= 0.6 is 23.1 Å². The number of hydrogen-bond acceptors (Lipinski definition) is 6. The minimum absolute atomic E-state index is 0.213. The first-order valence-electron chi connectivity index (χ1n) is 7.92. The third-order valence-corrected chi connectivity index (χ3v) is 5.88. The van der Waals surface area contributed by atoms with E-state index >= 15 is 0 Å². The minimum Gasteiger partial charge on any atom is -0.468 e. The van der Waals surface area contributed by atoms with Gasteiger partial charge in [-0.25, -0.2) is 0 Å².